The lowest BCUT2D eigenvalue weighted by Gasteiger charge is -2.15. The summed E-state index contributed by atoms with van der Waals surface area (Å²) < 4.78 is 36.6. The number of benzene rings is 1. The second-order valence-corrected chi connectivity index (χ2v) is 5.57. The van der Waals surface area contributed by atoms with E-state index in [1.54, 1.807) is 12.1 Å². The van der Waals surface area contributed by atoms with Crippen LogP contribution in [0.3, 0.4) is 0 Å². The van der Waals surface area contributed by atoms with Crippen molar-refractivity contribution in [2.24, 2.45) is 0 Å². The predicted octanol–water partition coefficient (Wildman–Crippen LogP) is 3.01. The average molecular weight is 303 g/mol. The minimum absolute atomic E-state index is 0.117. The molecule has 0 spiro atoms. The molecule has 0 radical (unpaired) electrons. The Morgan fingerprint density at radius 3 is 2.35 bits per heavy atom. The number of rotatable bonds is 6. The summed E-state index contributed by atoms with van der Waals surface area (Å²) in [6.07, 6.45) is 0. The van der Waals surface area contributed by atoms with E-state index in [9.17, 15) is 13.2 Å². The maximum absolute atomic E-state index is 12.2. The molecule has 0 heterocycles. The van der Waals surface area contributed by atoms with Gasteiger partial charge in [0.25, 0.3) is 0 Å². The highest BCUT2D eigenvalue weighted by Crippen LogP contribution is 2.36. The summed E-state index contributed by atoms with van der Waals surface area (Å²) in [5, 5.41) is 12.1. The Balaban J connectivity index is 2.63. The third kappa shape index (κ3) is 6.28. The van der Waals surface area contributed by atoms with E-state index in [1.165, 1.54) is 12.1 Å². The van der Waals surface area contributed by atoms with E-state index in [0.717, 1.165) is 6.54 Å². The molecule has 0 bridgehead atoms. The second-order valence-electron chi connectivity index (χ2n) is 4.44. The van der Waals surface area contributed by atoms with Gasteiger partial charge >= 0.3 is 5.51 Å². The van der Waals surface area contributed by atoms with Crippen LogP contribution in [0.4, 0.5) is 13.2 Å². The predicted molar refractivity (Wildman–Crippen MR) is 73.3 cm³/mol. The van der Waals surface area contributed by atoms with E-state index >= 15 is 0 Å². The number of nitrogens with one attached hydrogen (secondary N) is 1. The van der Waals surface area contributed by atoms with Gasteiger partial charge in [0.1, 0.15) is 6.04 Å². The van der Waals surface area contributed by atoms with E-state index in [0.29, 0.717) is 12.1 Å². The van der Waals surface area contributed by atoms with E-state index in [4.69, 9.17) is 5.26 Å². The highest BCUT2D eigenvalue weighted by atomic mass is 32.2. The number of thioether (sulfide) groups is 1. The van der Waals surface area contributed by atoms with Gasteiger partial charge in [0.05, 0.1) is 6.07 Å². The van der Waals surface area contributed by atoms with Gasteiger partial charge in [-0.25, -0.2) is 0 Å². The second kappa shape index (κ2) is 7.53. The zero-order valence-electron chi connectivity index (χ0n) is 11.2. The molecule has 0 amide bonds. The van der Waals surface area contributed by atoms with Gasteiger partial charge in [-0.2, -0.15) is 18.4 Å². The van der Waals surface area contributed by atoms with Crippen molar-refractivity contribution < 1.29 is 13.2 Å². The monoisotopic (exact) mass is 303 g/mol. The van der Waals surface area contributed by atoms with Crippen molar-refractivity contribution in [3.8, 4) is 6.07 Å². The maximum Gasteiger partial charge on any atom is 0.446 e. The molecule has 0 aromatic heterocycles. The number of hydrogen-bond donors (Lipinski definition) is 1. The normalized spacial score (nSPS) is 13.2. The molecule has 1 aromatic carbocycles. The van der Waals surface area contributed by atoms with Crippen LogP contribution in [0.5, 0.6) is 0 Å². The molecule has 0 fully saturated rings. The van der Waals surface area contributed by atoms with E-state index in [-0.39, 0.29) is 16.7 Å². The number of halogens is 3. The lowest BCUT2D eigenvalue weighted by Crippen LogP contribution is -2.29. The van der Waals surface area contributed by atoms with Gasteiger partial charge in [0.2, 0.25) is 0 Å². The highest BCUT2D eigenvalue weighted by molar-refractivity contribution is 8.00. The van der Waals surface area contributed by atoms with Gasteiger partial charge in [-0.3, -0.25) is 5.32 Å². The van der Waals surface area contributed by atoms with Crippen LogP contribution in [0.15, 0.2) is 29.2 Å². The van der Waals surface area contributed by atoms with Crippen LogP contribution in [0.25, 0.3) is 0 Å². The van der Waals surface area contributed by atoms with Crippen LogP contribution < -0.4 is 5.32 Å². The standard InChI is InChI=1S/C13H16F3N3S/c1-19(2)8-7-18-12(9-17)10-3-5-11(6-4-10)20-13(14,15)16/h3-6,12,18H,7-8H2,1-2H3. The molecule has 0 aliphatic carbocycles. The summed E-state index contributed by atoms with van der Waals surface area (Å²) in [7, 11) is 3.85. The van der Waals surface area contributed by atoms with Gasteiger partial charge in [-0.05, 0) is 43.6 Å². The van der Waals surface area contributed by atoms with Gasteiger partial charge in [0.15, 0.2) is 0 Å². The highest BCUT2D eigenvalue weighted by Gasteiger charge is 2.29. The van der Waals surface area contributed by atoms with Gasteiger partial charge in [-0.1, -0.05) is 12.1 Å². The summed E-state index contributed by atoms with van der Waals surface area (Å²) in [5.41, 5.74) is -3.63. The fourth-order valence-corrected chi connectivity index (χ4v) is 2.07. The van der Waals surface area contributed by atoms with Crippen molar-refractivity contribution in [2.75, 3.05) is 27.2 Å². The molecule has 7 heteroatoms. The first-order valence-corrected chi connectivity index (χ1v) is 6.77. The Labute approximate surface area is 120 Å². The summed E-state index contributed by atoms with van der Waals surface area (Å²) in [4.78, 5) is 2.09. The van der Waals surface area contributed by atoms with Crippen LogP contribution in [0.1, 0.15) is 11.6 Å². The van der Waals surface area contributed by atoms with Gasteiger partial charge < -0.3 is 4.90 Å². The smallest absolute Gasteiger partial charge is 0.308 e. The third-order valence-electron chi connectivity index (χ3n) is 2.48. The van der Waals surface area contributed by atoms with Crippen LogP contribution in [0, 0.1) is 11.3 Å². The first-order chi connectivity index (χ1) is 9.31. The molecule has 0 aliphatic heterocycles. The average Bonchev–Trinajstić information content (AvgIpc) is 2.34. The number of nitrogens with zero attached hydrogens (tertiary/aromatic N) is 2. The van der Waals surface area contributed by atoms with E-state index in [1.807, 2.05) is 19.0 Å². The molecule has 1 atom stereocenters. The molecule has 1 aromatic rings. The van der Waals surface area contributed by atoms with Crippen molar-refractivity contribution in [1.29, 1.82) is 5.26 Å². The van der Waals surface area contributed by atoms with Crippen LogP contribution in [0.2, 0.25) is 0 Å². The molecule has 1 N–H and O–H groups in total. The Morgan fingerprint density at radius 1 is 1.30 bits per heavy atom. The van der Waals surface area contributed by atoms with Crippen molar-refractivity contribution in [3.63, 3.8) is 0 Å². The Morgan fingerprint density at radius 2 is 1.90 bits per heavy atom. The summed E-state index contributed by atoms with van der Waals surface area (Å²) >= 11 is -0.159. The van der Waals surface area contributed by atoms with Crippen molar-refractivity contribution in [2.45, 2.75) is 16.4 Å². The van der Waals surface area contributed by atoms with Gasteiger partial charge in [-0.15, -0.1) is 0 Å². The van der Waals surface area contributed by atoms with Gasteiger partial charge in [0, 0.05) is 18.0 Å². The SMILES string of the molecule is CN(C)CCNC(C#N)c1ccc(SC(F)(F)F)cc1. The molecule has 0 aliphatic rings. The molecule has 1 unspecified atom stereocenters. The Bertz CT molecular complexity index is 451. The van der Waals surface area contributed by atoms with Crippen molar-refractivity contribution >= 4 is 11.8 Å². The molecule has 3 nitrogen and oxygen atoms in total. The zero-order valence-corrected chi connectivity index (χ0v) is 12.1. The fourth-order valence-electron chi connectivity index (χ4n) is 1.53. The third-order valence-corrected chi connectivity index (χ3v) is 3.22. The number of nitriles is 1. The minimum Gasteiger partial charge on any atom is -0.308 e. The quantitative estimate of drug-likeness (QED) is 0.820. The molecular formula is C13H16F3N3S. The van der Waals surface area contributed by atoms with E-state index < -0.39 is 11.6 Å². The molecule has 0 saturated heterocycles. The van der Waals surface area contributed by atoms with Crippen LogP contribution in [-0.2, 0) is 0 Å². The maximum atomic E-state index is 12.2. The number of likely N-dealkylation sites (N-methyl/N-ethyl adjacent to an activating group) is 1. The van der Waals surface area contributed by atoms with Crippen molar-refractivity contribution in [1.82, 2.24) is 10.2 Å². The number of alkyl halides is 3. The van der Waals surface area contributed by atoms with Crippen molar-refractivity contribution in [3.05, 3.63) is 29.8 Å². The van der Waals surface area contributed by atoms with Crippen LogP contribution >= 0.6 is 11.8 Å². The minimum atomic E-state index is -4.29. The summed E-state index contributed by atoms with van der Waals surface area (Å²) in [6, 6.07) is 7.44. The van der Waals surface area contributed by atoms with Crippen LogP contribution in [-0.4, -0.2) is 37.6 Å². The molecule has 0 saturated carbocycles. The Hall–Kier alpha value is -1.23. The number of hydrogen-bond acceptors (Lipinski definition) is 4. The molecule has 110 valence electrons. The molecular weight excluding hydrogens is 287 g/mol. The topological polar surface area (TPSA) is 39.1 Å². The lowest BCUT2D eigenvalue weighted by molar-refractivity contribution is -0.0328. The molecule has 20 heavy (non-hydrogen) atoms. The first-order valence-electron chi connectivity index (χ1n) is 5.95. The van der Waals surface area contributed by atoms with E-state index in [2.05, 4.69) is 11.4 Å². The fraction of sp³-hybridized carbons (Fsp3) is 0.462. The summed E-state index contributed by atoms with van der Waals surface area (Å²) in [6.45, 7) is 1.41. The summed E-state index contributed by atoms with van der Waals surface area (Å²) in [5.74, 6) is 0. The zero-order chi connectivity index (χ0) is 15.2. The Kier molecular flexibility index (Phi) is 6.33. The lowest BCUT2D eigenvalue weighted by atomic mass is 10.1. The first kappa shape index (κ1) is 16.8. The molecule has 1 rings (SSSR count). The largest absolute Gasteiger partial charge is 0.446 e.